The molecule has 0 atom stereocenters. The van der Waals surface area contributed by atoms with Gasteiger partial charge in [0.1, 0.15) is 11.5 Å². The topological polar surface area (TPSA) is 35.5 Å². The fourth-order valence-electron chi connectivity index (χ4n) is 2.43. The number of benzene rings is 1. The van der Waals surface area contributed by atoms with Gasteiger partial charge in [-0.25, -0.2) is 0 Å². The molecule has 0 amide bonds. The SMILES string of the molecule is O=C(c1c2c(c(Br)c3c1OCC3)OCC2)C(F)(F)F. The van der Waals surface area contributed by atoms with E-state index in [-0.39, 0.29) is 36.5 Å². The Labute approximate surface area is 114 Å². The van der Waals surface area contributed by atoms with E-state index in [4.69, 9.17) is 9.47 Å². The second-order valence-corrected chi connectivity index (χ2v) is 5.12. The van der Waals surface area contributed by atoms with Crippen molar-refractivity contribution in [2.45, 2.75) is 19.0 Å². The molecule has 102 valence electrons. The molecule has 2 aliphatic rings. The standard InChI is InChI=1S/C12H8BrF3O3/c13-8-6-2-4-18-9(6)7(11(17)12(14,15)16)5-1-3-19-10(5)8/h1-4H2. The molecule has 3 rings (SSSR count). The summed E-state index contributed by atoms with van der Waals surface area (Å²) in [6.07, 6.45) is -4.17. The van der Waals surface area contributed by atoms with Crippen LogP contribution in [0.2, 0.25) is 0 Å². The van der Waals surface area contributed by atoms with Crippen molar-refractivity contribution in [2.75, 3.05) is 13.2 Å². The number of carbonyl (C=O) groups excluding carboxylic acids is 1. The van der Waals surface area contributed by atoms with E-state index in [2.05, 4.69) is 15.9 Å². The van der Waals surface area contributed by atoms with Crippen LogP contribution in [0.15, 0.2) is 4.47 Å². The van der Waals surface area contributed by atoms with Crippen LogP contribution in [0.4, 0.5) is 13.2 Å². The molecule has 0 spiro atoms. The van der Waals surface area contributed by atoms with Gasteiger partial charge in [-0.3, -0.25) is 4.79 Å². The van der Waals surface area contributed by atoms with Gasteiger partial charge in [0.15, 0.2) is 0 Å². The number of hydrogen-bond acceptors (Lipinski definition) is 3. The van der Waals surface area contributed by atoms with Crippen LogP contribution in [-0.2, 0) is 12.8 Å². The average Bonchev–Trinajstić information content (AvgIpc) is 2.95. The lowest BCUT2D eigenvalue weighted by atomic mass is 9.96. The van der Waals surface area contributed by atoms with Gasteiger partial charge >= 0.3 is 6.18 Å². The van der Waals surface area contributed by atoms with E-state index in [1.807, 2.05) is 0 Å². The van der Waals surface area contributed by atoms with E-state index < -0.39 is 12.0 Å². The van der Waals surface area contributed by atoms with E-state index in [0.717, 1.165) is 0 Å². The van der Waals surface area contributed by atoms with Crippen LogP contribution in [0.1, 0.15) is 21.5 Å². The maximum Gasteiger partial charge on any atom is 0.455 e. The Morgan fingerprint density at radius 2 is 1.63 bits per heavy atom. The van der Waals surface area contributed by atoms with Crippen molar-refractivity contribution in [3.63, 3.8) is 0 Å². The molecule has 0 aromatic heterocycles. The molecule has 2 aliphatic heterocycles. The van der Waals surface area contributed by atoms with Crippen molar-refractivity contribution >= 4 is 21.7 Å². The molecular formula is C12H8BrF3O3. The maximum atomic E-state index is 12.7. The molecule has 3 nitrogen and oxygen atoms in total. The number of ether oxygens (including phenoxy) is 2. The highest BCUT2D eigenvalue weighted by Gasteiger charge is 2.45. The van der Waals surface area contributed by atoms with Gasteiger partial charge in [-0.15, -0.1) is 0 Å². The monoisotopic (exact) mass is 336 g/mol. The highest BCUT2D eigenvalue weighted by molar-refractivity contribution is 9.10. The Kier molecular flexibility index (Phi) is 2.78. The molecule has 0 bridgehead atoms. The van der Waals surface area contributed by atoms with Crippen molar-refractivity contribution in [1.29, 1.82) is 0 Å². The molecule has 0 radical (unpaired) electrons. The zero-order valence-corrected chi connectivity index (χ0v) is 11.2. The molecule has 2 heterocycles. The minimum absolute atomic E-state index is 0.0541. The second kappa shape index (κ2) is 4.13. The molecule has 19 heavy (non-hydrogen) atoms. The van der Waals surface area contributed by atoms with Gasteiger partial charge < -0.3 is 9.47 Å². The van der Waals surface area contributed by atoms with Crippen LogP contribution in [0.3, 0.4) is 0 Å². The summed E-state index contributed by atoms with van der Waals surface area (Å²) in [4.78, 5) is 11.6. The first kappa shape index (κ1) is 12.8. The smallest absolute Gasteiger partial charge is 0.455 e. The lowest BCUT2D eigenvalue weighted by molar-refractivity contribution is -0.0887. The molecule has 1 aromatic carbocycles. The Balaban J connectivity index is 2.28. The van der Waals surface area contributed by atoms with Gasteiger partial charge in [0.05, 0.1) is 23.2 Å². The lowest BCUT2D eigenvalue weighted by Crippen LogP contribution is -2.24. The summed E-state index contributed by atoms with van der Waals surface area (Å²) >= 11 is 3.32. The summed E-state index contributed by atoms with van der Waals surface area (Å²) in [5.41, 5.74) is 0.485. The number of carbonyl (C=O) groups is 1. The number of ketones is 1. The van der Waals surface area contributed by atoms with Crippen molar-refractivity contribution < 1.29 is 27.4 Å². The summed E-state index contributed by atoms with van der Waals surface area (Å²) in [6.45, 7) is 0.546. The van der Waals surface area contributed by atoms with Crippen LogP contribution in [0, 0.1) is 0 Å². The molecule has 0 fully saturated rings. The van der Waals surface area contributed by atoms with Crippen LogP contribution in [-0.4, -0.2) is 25.2 Å². The third kappa shape index (κ3) is 1.82. The first-order valence-corrected chi connectivity index (χ1v) is 6.45. The normalized spacial score (nSPS) is 16.6. The van der Waals surface area contributed by atoms with Crippen molar-refractivity contribution in [3.8, 4) is 11.5 Å². The highest BCUT2D eigenvalue weighted by atomic mass is 79.9. The van der Waals surface area contributed by atoms with Gasteiger partial charge in [0, 0.05) is 24.0 Å². The molecule has 1 aromatic rings. The van der Waals surface area contributed by atoms with E-state index in [1.54, 1.807) is 0 Å². The largest absolute Gasteiger partial charge is 0.492 e. The van der Waals surface area contributed by atoms with Crippen LogP contribution < -0.4 is 9.47 Å². The van der Waals surface area contributed by atoms with Gasteiger partial charge in [-0.1, -0.05) is 0 Å². The Hall–Kier alpha value is -1.24. The van der Waals surface area contributed by atoms with E-state index in [9.17, 15) is 18.0 Å². The summed E-state index contributed by atoms with van der Waals surface area (Å²) in [6, 6.07) is 0. The first-order chi connectivity index (χ1) is 8.91. The minimum Gasteiger partial charge on any atom is -0.492 e. The number of rotatable bonds is 1. The van der Waals surface area contributed by atoms with Crippen molar-refractivity contribution in [2.24, 2.45) is 0 Å². The Bertz CT molecular complexity index is 546. The molecular weight excluding hydrogens is 329 g/mol. The molecule has 0 aliphatic carbocycles. The van der Waals surface area contributed by atoms with Crippen LogP contribution in [0.5, 0.6) is 11.5 Å². The molecule has 0 saturated heterocycles. The zero-order chi connectivity index (χ0) is 13.8. The van der Waals surface area contributed by atoms with Gasteiger partial charge in [0.25, 0.3) is 5.78 Å². The Morgan fingerprint density at radius 3 is 2.26 bits per heavy atom. The van der Waals surface area contributed by atoms with Gasteiger partial charge in [-0.05, 0) is 15.9 Å². The Morgan fingerprint density at radius 1 is 1.05 bits per heavy atom. The second-order valence-electron chi connectivity index (χ2n) is 4.33. The van der Waals surface area contributed by atoms with Gasteiger partial charge in [0.2, 0.25) is 0 Å². The lowest BCUT2D eigenvalue weighted by Gasteiger charge is -2.15. The predicted octanol–water partition coefficient (Wildman–Crippen LogP) is 3.06. The van der Waals surface area contributed by atoms with Crippen LogP contribution >= 0.6 is 15.9 Å². The third-order valence-electron chi connectivity index (χ3n) is 3.22. The number of Topliss-reactive ketones (excluding diaryl/α,β-unsaturated/α-hetero) is 1. The molecule has 7 heteroatoms. The van der Waals surface area contributed by atoms with Crippen molar-refractivity contribution in [3.05, 3.63) is 21.2 Å². The summed E-state index contributed by atoms with van der Waals surface area (Å²) in [5.74, 6) is -1.46. The number of alkyl halides is 3. The third-order valence-corrected chi connectivity index (χ3v) is 4.06. The number of hydrogen-bond donors (Lipinski definition) is 0. The zero-order valence-electron chi connectivity index (χ0n) is 9.57. The molecule has 0 saturated carbocycles. The van der Waals surface area contributed by atoms with E-state index in [1.165, 1.54) is 0 Å². The molecule has 0 N–H and O–H groups in total. The molecule has 0 unspecified atom stereocenters. The average molecular weight is 337 g/mol. The van der Waals surface area contributed by atoms with Gasteiger partial charge in [-0.2, -0.15) is 13.2 Å². The fraction of sp³-hybridized carbons (Fsp3) is 0.417. The highest BCUT2D eigenvalue weighted by Crippen LogP contribution is 2.48. The number of halogens is 4. The summed E-state index contributed by atoms with van der Waals surface area (Å²) in [5, 5.41) is 0. The fourth-order valence-corrected chi connectivity index (χ4v) is 3.17. The summed E-state index contributed by atoms with van der Waals surface area (Å²) < 4.78 is 49.3. The van der Waals surface area contributed by atoms with E-state index >= 15 is 0 Å². The maximum absolute atomic E-state index is 12.7. The quantitative estimate of drug-likeness (QED) is 0.739. The van der Waals surface area contributed by atoms with Crippen LogP contribution in [0.25, 0.3) is 0 Å². The minimum atomic E-state index is -4.91. The predicted molar refractivity (Wildman–Crippen MR) is 62.9 cm³/mol. The summed E-state index contributed by atoms with van der Waals surface area (Å²) in [7, 11) is 0. The van der Waals surface area contributed by atoms with E-state index in [0.29, 0.717) is 22.2 Å². The first-order valence-electron chi connectivity index (χ1n) is 5.65. The van der Waals surface area contributed by atoms with Crippen molar-refractivity contribution in [1.82, 2.24) is 0 Å². The number of fused-ring (bicyclic) bond motifs is 2.